The van der Waals surface area contributed by atoms with Crippen molar-refractivity contribution in [1.29, 1.82) is 0 Å². The Hall–Kier alpha value is -1.29. The number of rotatable bonds is 4. The maximum atomic E-state index is 12.1. The maximum Gasteiger partial charge on any atom is 0.257 e. The van der Waals surface area contributed by atoms with Crippen LogP contribution >= 0.6 is 0 Å². The van der Waals surface area contributed by atoms with Crippen LogP contribution in [0.3, 0.4) is 0 Å². The molecule has 1 aromatic heterocycles. The number of furan rings is 1. The monoisotopic (exact) mass is 222 g/mol. The van der Waals surface area contributed by atoms with E-state index in [-0.39, 0.29) is 5.91 Å². The second kappa shape index (κ2) is 5.16. The molecule has 1 aliphatic heterocycles. The minimum Gasteiger partial charge on any atom is -0.472 e. The fourth-order valence-corrected chi connectivity index (χ4v) is 2.10. The van der Waals surface area contributed by atoms with E-state index in [4.69, 9.17) is 4.42 Å². The van der Waals surface area contributed by atoms with Crippen LogP contribution in [0, 0.1) is 0 Å². The first-order valence-electron chi connectivity index (χ1n) is 5.86. The van der Waals surface area contributed by atoms with Gasteiger partial charge in [-0.15, -0.1) is 0 Å². The van der Waals surface area contributed by atoms with Crippen LogP contribution in [0.1, 0.15) is 30.1 Å². The van der Waals surface area contributed by atoms with Gasteiger partial charge in [0, 0.05) is 19.1 Å². The molecule has 0 aromatic carbocycles. The quantitative estimate of drug-likeness (QED) is 0.839. The summed E-state index contributed by atoms with van der Waals surface area (Å²) in [4.78, 5) is 13.9. The van der Waals surface area contributed by atoms with Crippen molar-refractivity contribution in [3.63, 3.8) is 0 Å². The molecule has 88 valence electrons. The van der Waals surface area contributed by atoms with Crippen molar-refractivity contribution in [2.75, 3.05) is 19.6 Å². The number of likely N-dealkylation sites (N-methyl/N-ethyl adjacent to an activating group) is 1. The Labute approximate surface area is 95.6 Å². The normalized spacial score (nSPS) is 19.9. The Morgan fingerprint density at radius 3 is 3.12 bits per heavy atom. The lowest BCUT2D eigenvalue weighted by molar-refractivity contribution is 0.0750. The number of carbonyl (C=O) groups excluding carboxylic acids is 1. The zero-order chi connectivity index (χ0) is 11.4. The van der Waals surface area contributed by atoms with Crippen LogP contribution in [0.4, 0.5) is 0 Å². The number of amides is 1. The number of hydrogen-bond donors (Lipinski definition) is 1. The smallest absolute Gasteiger partial charge is 0.257 e. The first kappa shape index (κ1) is 11.2. The van der Waals surface area contributed by atoms with E-state index < -0.39 is 0 Å². The van der Waals surface area contributed by atoms with E-state index in [2.05, 4.69) is 5.32 Å². The predicted molar refractivity (Wildman–Crippen MR) is 61.3 cm³/mol. The van der Waals surface area contributed by atoms with E-state index in [9.17, 15) is 4.79 Å². The highest BCUT2D eigenvalue weighted by molar-refractivity contribution is 5.93. The number of carbonyl (C=O) groups is 1. The largest absolute Gasteiger partial charge is 0.472 e. The van der Waals surface area contributed by atoms with Crippen LogP contribution in [0.25, 0.3) is 0 Å². The Kier molecular flexibility index (Phi) is 3.62. The lowest BCUT2D eigenvalue weighted by Crippen LogP contribution is -2.40. The Morgan fingerprint density at radius 2 is 2.56 bits per heavy atom. The van der Waals surface area contributed by atoms with Crippen molar-refractivity contribution in [3.8, 4) is 0 Å². The Bertz CT molecular complexity index is 329. The summed E-state index contributed by atoms with van der Waals surface area (Å²) in [5, 5.41) is 3.40. The molecule has 0 bridgehead atoms. The molecule has 1 amide bonds. The summed E-state index contributed by atoms with van der Waals surface area (Å²) < 4.78 is 4.94. The average molecular weight is 222 g/mol. The van der Waals surface area contributed by atoms with Gasteiger partial charge in [-0.1, -0.05) is 0 Å². The van der Waals surface area contributed by atoms with Crippen molar-refractivity contribution in [3.05, 3.63) is 24.2 Å². The van der Waals surface area contributed by atoms with E-state index >= 15 is 0 Å². The van der Waals surface area contributed by atoms with Crippen molar-refractivity contribution in [1.82, 2.24) is 10.2 Å². The number of hydrogen-bond acceptors (Lipinski definition) is 3. The SMILES string of the molecule is CCN(CC1CCCN1)C(=O)c1ccoc1. The van der Waals surface area contributed by atoms with Crippen LogP contribution in [-0.4, -0.2) is 36.5 Å². The third-order valence-corrected chi connectivity index (χ3v) is 3.04. The molecule has 1 atom stereocenters. The summed E-state index contributed by atoms with van der Waals surface area (Å²) in [7, 11) is 0. The summed E-state index contributed by atoms with van der Waals surface area (Å²) >= 11 is 0. The molecule has 1 N–H and O–H groups in total. The molecule has 2 rings (SSSR count). The molecule has 1 fully saturated rings. The molecule has 0 aliphatic carbocycles. The first-order valence-corrected chi connectivity index (χ1v) is 5.86. The summed E-state index contributed by atoms with van der Waals surface area (Å²) in [5.74, 6) is 0.0601. The highest BCUT2D eigenvalue weighted by Gasteiger charge is 2.21. The summed E-state index contributed by atoms with van der Waals surface area (Å²) in [6, 6.07) is 2.17. The molecule has 1 saturated heterocycles. The number of nitrogens with zero attached hydrogens (tertiary/aromatic N) is 1. The highest BCUT2D eigenvalue weighted by atomic mass is 16.3. The average Bonchev–Trinajstić information content (AvgIpc) is 2.97. The van der Waals surface area contributed by atoms with Gasteiger partial charge >= 0.3 is 0 Å². The molecule has 1 aromatic rings. The topological polar surface area (TPSA) is 45.5 Å². The van der Waals surface area contributed by atoms with Crippen molar-refractivity contribution in [2.45, 2.75) is 25.8 Å². The van der Waals surface area contributed by atoms with Crippen molar-refractivity contribution >= 4 is 5.91 Å². The highest BCUT2D eigenvalue weighted by Crippen LogP contribution is 2.10. The van der Waals surface area contributed by atoms with Gasteiger partial charge in [0.1, 0.15) is 6.26 Å². The molecule has 1 aliphatic rings. The van der Waals surface area contributed by atoms with Crippen LogP contribution in [0.2, 0.25) is 0 Å². The molecule has 1 unspecified atom stereocenters. The second-order valence-corrected chi connectivity index (χ2v) is 4.15. The van der Waals surface area contributed by atoms with E-state index in [1.54, 1.807) is 6.07 Å². The first-order chi connectivity index (χ1) is 7.81. The van der Waals surface area contributed by atoms with E-state index in [1.807, 2.05) is 11.8 Å². The molecular weight excluding hydrogens is 204 g/mol. The Morgan fingerprint density at radius 1 is 1.69 bits per heavy atom. The van der Waals surface area contributed by atoms with Gasteiger partial charge in [0.05, 0.1) is 11.8 Å². The summed E-state index contributed by atoms with van der Waals surface area (Å²) in [6.07, 6.45) is 5.42. The Balaban J connectivity index is 1.96. The molecular formula is C12H18N2O2. The van der Waals surface area contributed by atoms with E-state index in [0.29, 0.717) is 11.6 Å². The zero-order valence-corrected chi connectivity index (χ0v) is 9.61. The molecule has 0 radical (unpaired) electrons. The van der Waals surface area contributed by atoms with Gasteiger partial charge in [-0.25, -0.2) is 0 Å². The fraction of sp³-hybridized carbons (Fsp3) is 0.583. The third kappa shape index (κ3) is 2.44. The van der Waals surface area contributed by atoms with Crippen LogP contribution in [0.5, 0.6) is 0 Å². The maximum absolute atomic E-state index is 12.1. The molecule has 4 heteroatoms. The summed E-state index contributed by atoms with van der Waals surface area (Å²) in [6.45, 7) is 4.61. The molecule has 0 spiro atoms. The van der Waals surface area contributed by atoms with Crippen LogP contribution < -0.4 is 5.32 Å². The summed E-state index contributed by atoms with van der Waals surface area (Å²) in [5.41, 5.74) is 0.639. The predicted octanol–water partition coefficient (Wildman–Crippen LogP) is 1.49. The van der Waals surface area contributed by atoms with Gasteiger partial charge in [0.25, 0.3) is 5.91 Å². The van der Waals surface area contributed by atoms with E-state index in [0.717, 1.165) is 26.1 Å². The van der Waals surface area contributed by atoms with Crippen molar-refractivity contribution in [2.24, 2.45) is 0 Å². The van der Waals surface area contributed by atoms with Gasteiger partial charge in [0.15, 0.2) is 0 Å². The fourth-order valence-electron chi connectivity index (χ4n) is 2.10. The minimum absolute atomic E-state index is 0.0601. The number of nitrogens with one attached hydrogen (secondary N) is 1. The van der Waals surface area contributed by atoms with Gasteiger partial charge in [0.2, 0.25) is 0 Å². The zero-order valence-electron chi connectivity index (χ0n) is 9.61. The molecule has 4 nitrogen and oxygen atoms in total. The van der Waals surface area contributed by atoms with Crippen LogP contribution in [-0.2, 0) is 0 Å². The van der Waals surface area contributed by atoms with Gasteiger partial charge in [-0.3, -0.25) is 4.79 Å². The third-order valence-electron chi connectivity index (χ3n) is 3.04. The molecule has 0 saturated carbocycles. The van der Waals surface area contributed by atoms with E-state index in [1.165, 1.54) is 18.9 Å². The van der Waals surface area contributed by atoms with Gasteiger partial charge in [-0.05, 0) is 32.4 Å². The minimum atomic E-state index is 0.0601. The lowest BCUT2D eigenvalue weighted by atomic mass is 10.2. The lowest BCUT2D eigenvalue weighted by Gasteiger charge is -2.23. The van der Waals surface area contributed by atoms with Gasteiger partial charge < -0.3 is 14.6 Å². The van der Waals surface area contributed by atoms with Gasteiger partial charge in [-0.2, -0.15) is 0 Å². The molecule has 16 heavy (non-hydrogen) atoms. The second-order valence-electron chi connectivity index (χ2n) is 4.15. The standard InChI is InChI=1S/C12H18N2O2/c1-2-14(8-11-4-3-6-13-11)12(15)10-5-7-16-9-10/h5,7,9,11,13H,2-4,6,8H2,1H3. The molecule has 2 heterocycles. The van der Waals surface area contributed by atoms with Crippen LogP contribution in [0.15, 0.2) is 23.0 Å². The van der Waals surface area contributed by atoms with Crippen molar-refractivity contribution < 1.29 is 9.21 Å².